The van der Waals surface area contributed by atoms with Gasteiger partial charge in [-0.25, -0.2) is 9.97 Å². The number of hydrogen-bond acceptors (Lipinski definition) is 5. The lowest BCUT2D eigenvalue weighted by molar-refractivity contribution is 0.311. The quantitative estimate of drug-likeness (QED) is 0.767. The molecule has 5 nitrogen and oxygen atoms in total. The van der Waals surface area contributed by atoms with Crippen LogP contribution in [0.15, 0.2) is 30.3 Å². The summed E-state index contributed by atoms with van der Waals surface area (Å²) in [6.07, 6.45) is 0. The van der Waals surface area contributed by atoms with Crippen molar-refractivity contribution in [2.45, 2.75) is 13.8 Å². The molecule has 2 rings (SSSR count). The molecule has 0 aliphatic heterocycles. The van der Waals surface area contributed by atoms with Crippen molar-refractivity contribution in [3.8, 4) is 0 Å². The Labute approximate surface area is 112 Å². The summed E-state index contributed by atoms with van der Waals surface area (Å²) in [6, 6.07) is 9.92. The van der Waals surface area contributed by atoms with Crippen molar-refractivity contribution in [2.24, 2.45) is 0 Å². The van der Waals surface area contributed by atoms with E-state index in [2.05, 4.69) is 27.5 Å². The van der Waals surface area contributed by atoms with Crippen LogP contribution >= 0.6 is 0 Å². The molecule has 1 heterocycles. The second kappa shape index (κ2) is 6.15. The lowest BCUT2D eigenvalue weighted by atomic mass is 10.2. The Balaban J connectivity index is 2.15. The van der Waals surface area contributed by atoms with Gasteiger partial charge in [0.1, 0.15) is 17.5 Å². The van der Waals surface area contributed by atoms with E-state index in [1.165, 1.54) is 5.56 Å². The van der Waals surface area contributed by atoms with Crippen LogP contribution in [0.2, 0.25) is 0 Å². The van der Waals surface area contributed by atoms with E-state index in [-0.39, 0.29) is 6.61 Å². The highest BCUT2D eigenvalue weighted by Gasteiger charge is 2.02. The number of aliphatic hydroxyl groups is 1. The van der Waals surface area contributed by atoms with Crippen molar-refractivity contribution in [1.29, 1.82) is 0 Å². The number of benzene rings is 1. The number of hydrogen-bond donors (Lipinski definition) is 3. The number of nitrogens with one attached hydrogen (secondary N) is 2. The Morgan fingerprint density at radius 2 is 1.74 bits per heavy atom. The van der Waals surface area contributed by atoms with Crippen LogP contribution in [0.5, 0.6) is 0 Å². The van der Waals surface area contributed by atoms with E-state index in [1.54, 1.807) is 0 Å². The van der Waals surface area contributed by atoms with Gasteiger partial charge in [0, 0.05) is 18.3 Å². The predicted octanol–water partition coefficient (Wildman–Crippen LogP) is 2.24. The Bertz CT molecular complexity index is 540. The number of anilines is 3. The highest BCUT2D eigenvalue weighted by atomic mass is 16.3. The van der Waals surface area contributed by atoms with E-state index < -0.39 is 0 Å². The molecule has 100 valence electrons. The minimum absolute atomic E-state index is 0.0732. The third-order valence-electron chi connectivity index (χ3n) is 2.58. The lowest BCUT2D eigenvalue weighted by Gasteiger charge is -2.09. The standard InChI is InChI=1S/C14H18N4O/c1-10-3-5-12(6-4-10)18-14-9-13(15-7-8-19)16-11(2)17-14/h3-6,9,19H,7-8H2,1-2H3,(H2,15,16,17,18). The van der Waals surface area contributed by atoms with Gasteiger partial charge in [-0.1, -0.05) is 17.7 Å². The molecule has 3 N–H and O–H groups in total. The Morgan fingerprint density at radius 1 is 1.05 bits per heavy atom. The summed E-state index contributed by atoms with van der Waals surface area (Å²) in [5.74, 6) is 2.12. The molecule has 5 heteroatoms. The zero-order valence-corrected chi connectivity index (χ0v) is 11.1. The van der Waals surface area contributed by atoms with Gasteiger partial charge in [-0.3, -0.25) is 0 Å². The van der Waals surface area contributed by atoms with Crippen molar-refractivity contribution in [2.75, 3.05) is 23.8 Å². The molecule has 0 aliphatic carbocycles. The number of aliphatic hydroxyl groups excluding tert-OH is 1. The summed E-state index contributed by atoms with van der Waals surface area (Å²) >= 11 is 0. The monoisotopic (exact) mass is 258 g/mol. The van der Waals surface area contributed by atoms with Gasteiger partial charge in [0.25, 0.3) is 0 Å². The Kier molecular flexibility index (Phi) is 4.30. The molecule has 0 amide bonds. The molecule has 0 fully saturated rings. The van der Waals surface area contributed by atoms with Gasteiger partial charge in [-0.15, -0.1) is 0 Å². The van der Waals surface area contributed by atoms with Crippen LogP contribution in [-0.2, 0) is 0 Å². The Morgan fingerprint density at radius 3 is 2.42 bits per heavy atom. The van der Waals surface area contributed by atoms with Crippen LogP contribution in [0.25, 0.3) is 0 Å². The van der Waals surface area contributed by atoms with Gasteiger partial charge in [0.2, 0.25) is 0 Å². The van der Waals surface area contributed by atoms with Gasteiger partial charge in [0.05, 0.1) is 6.61 Å². The highest BCUT2D eigenvalue weighted by Crippen LogP contribution is 2.17. The fraction of sp³-hybridized carbons (Fsp3) is 0.286. The maximum atomic E-state index is 8.81. The average Bonchev–Trinajstić information content (AvgIpc) is 2.38. The van der Waals surface area contributed by atoms with Crippen molar-refractivity contribution in [1.82, 2.24) is 9.97 Å². The summed E-state index contributed by atoms with van der Waals surface area (Å²) in [5.41, 5.74) is 2.20. The molecule has 0 aliphatic rings. The van der Waals surface area contributed by atoms with Crippen LogP contribution in [0.4, 0.5) is 17.3 Å². The van der Waals surface area contributed by atoms with E-state index in [9.17, 15) is 0 Å². The fourth-order valence-corrected chi connectivity index (χ4v) is 1.69. The number of aromatic nitrogens is 2. The maximum Gasteiger partial charge on any atom is 0.136 e. The van der Waals surface area contributed by atoms with Crippen LogP contribution in [0, 0.1) is 13.8 Å². The summed E-state index contributed by atoms with van der Waals surface area (Å²) in [5, 5.41) is 15.1. The lowest BCUT2D eigenvalue weighted by Crippen LogP contribution is -2.08. The second-order valence-corrected chi connectivity index (χ2v) is 4.33. The molecular formula is C14H18N4O. The van der Waals surface area contributed by atoms with Crippen molar-refractivity contribution in [3.63, 3.8) is 0 Å². The summed E-state index contributed by atoms with van der Waals surface area (Å²) in [4.78, 5) is 8.59. The molecule has 0 spiro atoms. The van der Waals surface area contributed by atoms with E-state index in [0.717, 1.165) is 11.5 Å². The first-order chi connectivity index (χ1) is 9.17. The normalized spacial score (nSPS) is 10.3. The van der Waals surface area contributed by atoms with E-state index in [4.69, 9.17) is 5.11 Å². The third-order valence-corrected chi connectivity index (χ3v) is 2.58. The first-order valence-electron chi connectivity index (χ1n) is 6.21. The molecule has 1 aromatic carbocycles. The maximum absolute atomic E-state index is 8.81. The van der Waals surface area contributed by atoms with Crippen molar-refractivity contribution >= 4 is 17.3 Å². The van der Waals surface area contributed by atoms with E-state index in [0.29, 0.717) is 18.2 Å². The molecule has 0 saturated heterocycles. The van der Waals surface area contributed by atoms with Gasteiger partial charge >= 0.3 is 0 Å². The summed E-state index contributed by atoms with van der Waals surface area (Å²) in [7, 11) is 0. The molecule has 0 atom stereocenters. The molecule has 2 aromatic rings. The van der Waals surface area contributed by atoms with Crippen molar-refractivity contribution in [3.05, 3.63) is 41.7 Å². The average molecular weight is 258 g/mol. The summed E-state index contributed by atoms with van der Waals surface area (Å²) in [6.45, 7) is 4.43. The first kappa shape index (κ1) is 13.3. The van der Waals surface area contributed by atoms with Crippen molar-refractivity contribution < 1.29 is 5.11 Å². The molecule has 0 bridgehead atoms. The SMILES string of the molecule is Cc1ccc(Nc2cc(NCCO)nc(C)n2)cc1. The number of aryl methyl sites for hydroxylation is 2. The van der Waals surface area contributed by atoms with E-state index >= 15 is 0 Å². The number of rotatable bonds is 5. The molecule has 0 saturated carbocycles. The van der Waals surface area contributed by atoms with Gasteiger partial charge in [0.15, 0.2) is 0 Å². The smallest absolute Gasteiger partial charge is 0.136 e. The summed E-state index contributed by atoms with van der Waals surface area (Å²) < 4.78 is 0. The highest BCUT2D eigenvalue weighted by molar-refractivity contribution is 5.59. The van der Waals surface area contributed by atoms with Crippen LogP contribution in [0.1, 0.15) is 11.4 Å². The van der Waals surface area contributed by atoms with Crippen LogP contribution in [0.3, 0.4) is 0 Å². The molecule has 19 heavy (non-hydrogen) atoms. The molecule has 1 aromatic heterocycles. The van der Waals surface area contributed by atoms with Gasteiger partial charge in [-0.05, 0) is 26.0 Å². The Hall–Kier alpha value is -2.14. The molecule has 0 unspecified atom stereocenters. The van der Waals surface area contributed by atoms with Gasteiger partial charge in [-0.2, -0.15) is 0 Å². The largest absolute Gasteiger partial charge is 0.395 e. The van der Waals surface area contributed by atoms with Crippen LogP contribution < -0.4 is 10.6 Å². The van der Waals surface area contributed by atoms with Gasteiger partial charge < -0.3 is 15.7 Å². The molecular weight excluding hydrogens is 240 g/mol. The molecule has 0 radical (unpaired) electrons. The van der Waals surface area contributed by atoms with Crippen LogP contribution in [-0.4, -0.2) is 28.2 Å². The second-order valence-electron chi connectivity index (χ2n) is 4.33. The zero-order valence-electron chi connectivity index (χ0n) is 11.1. The van der Waals surface area contributed by atoms with E-state index in [1.807, 2.05) is 37.3 Å². The topological polar surface area (TPSA) is 70.1 Å². The minimum Gasteiger partial charge on any atom is -0.395 e. The third kappa shape index (κ3) is 3.93. The fourth-order valence-electron chi connectivity index (χ4n) is 1.69. The minimum atomic E-state index is 0.0732. The predicted molar refractivity (Wildman–Crippen MR) is 76.8 cm³/mol. The number of nitrogens with zero attached hydrogens (tertiary/aromatic N) is 2. The first-order valence-corrected chi connectivity index (χ1v) is 6.21. The zero-order chi connectivity index (χ0) is 13.7.